The van der Waals surface area contributed by atoms with E-state index in [9.17, 15) is 26.4 Å². The van der Waals surface area contributed by atoms with Gasteiger partial charge >= 0.3 is 5.97 Å². The Morgan fingerprint density at radius 2 is 1.68 bits per heavy atom. The fourth-order valence-electron chi connectivity index (χ4n) is 4.17. The number of sulfone groups is 1. The molecule has 2 heterocycles. The molecule has 2 aromatic heterocycles. The first-order chi connectivity index (χ1) is 17.2. The first-order valence-corrected chi connectivity index (χ1v) is 14.5. The van der Waals surface area contributed by atoms with Gasteiger partial charge in [0.1, 0.15) is 5.52 Å². The lowest BCUT2D eigenvalue weighted by Gasteiger charge is -2.15. The number of methoxy groups -OCH3 is 1. The minimum absolute atomic E-state index is 0.00485. The van der Waals surface area contributed by atoms with Crippen LogP contribution in [0.15, 0.2) is 64.5 Å². The Hall–Kier alpha value is -3.90. The Bertz CT molecular complexity index is 1830. The molecule has 0 atom stereocenters. The van der Waals surface area contributed by atoms with Crippen LogP contribution < -0.4 is 11.3 Å². The topological polar surface area (TPSA) is 148 Å². The number of aryl methyl sites for hydroxylation is 2. The summed E-state index contributed by atoms with van der Waals surface area (Å²) in [5.74, 6) is -1.21. The van der Waals surface area contributed by atoms with E-state index in [1.165, 1.54) is 61.5 Å². The van der Waals surface area contributed by atoms with Crippen molar-refractivity contribution in [2.24, 2.45) is 7.05 Å². The fourth-order valence-corrected chi connectivity index (χ4v) is 6.31. The van der Waals surface area contributed by atoms with Crippen molar-refractivity contribution in [2.45, 2.75) is 17.6 Å². The lowest BCUT2D eigenvalue weighted by atomic mass is 9.96. The molecule has 0 aliphatic rings. The maximum Gasteiger partial charge on any atom is 0.338 e. The SMILES string of the molecule is COC(=O)c1cc(N)c(-c2cn(C)c(=O)c3c2ccn3S(=O)(=O)c2ccc(C)cc2)cc1CS(C)(=O)=O. The van der Waals surface area contributed by atoms with Crippen LogP contribution in [0.25, 0.3) is 22.0 Å². The van der Waals surface area contributed by atoms with Crippen LogP contribution in [0.4, 0.5) is 5.69 Å². The Morgan fingerprint density at radius 3 is 2.27 bits per heavy atom. The third-order valence-corrected chi connectivity index (χ3v) is 8.48. The number of benzene rings is 2. The van der Waals surface area contributed by atoms with E-state index in [-0.39, 0.29) is 27.2 Å². The average Bonchev–Trinajstić information content (AvgIpc) is 3.28. The van der Waals surface area contributed by atoms with Crippen molar-refractivity contribution in [3.05, 3.63) is 81.9 Å². The molecule has 0 bridgehead atoms. The van der Waals surface area contributed by atoms with Gasteiger partial charge in [0, 0.05) is 47.9 Å². The van der Waals surface area contributed by atoms with Gasteiger partial charge in [-0.05, 0) is 42.8 Å². The van der Waals surface area contributed by atoms with Crippen LogP contribution in [0.1, 0.15) is 21.5 Å². The standard InChI is InChI=1S/C25H25N3O7S2/c1-15-5-7-17(8-6-15)37(33,34)28-10-9-18-21(13-27(2)24(29)23(18)28)20-11-16(14-36(4,31)32)19(12-22(20)26)25(30)35-3/h5-13H,14,26H2,1-4H3. The minimum atomic E-state index is -4.11. The molecule has 0 unspecified atom stereocenters. The normalized spacial score (nSPS) is 12.1. The molecular weight excluding hydrogens is 518 g/mol. The molecule has 0 aliphatic carbocycles. The van der Waals surface area contributed by atoms with Gasteiger partial charge in [-0.1, -0.05) is 17.7 Å². The molecule has 2 aromatic carbocycles. The van der Waals surface area contributed by atoms with Gasteiger partial charge in [-0.3, -0.25) is 4.79 Å². The molecule has 4 aromatic rings. The number of hydrogen-bond acceptors (Lipinski definition) is 8. The first-order valence-electron chi connectivity index (χ1n) is 11.0. The number of pyridine rings is 1. The highest BCUT2D eigenvalue weighted by atomic mass is 32.2. The Balaban J connectivity index is 2.02. The van der Waals surface area contributed by atoms with Gasteiger partial charge in [0.05, 0.1) is 23.3 Å². The minimum Gasteiger partial charge on any atom is -0.465 e. The van der Waals surface area contributed by atoms with Crippen LogP contribution in [0.2, 0.25) is 0 Å². The Labute approximate surface area is 213 Å². The van der Waals surface area contributed by atoms with Crippen LogP contribution in [0.5, 0.6) is 0 Å². The van der Waals surface area contributed by atoms with Crippen molar-refractivity contribution in [3.63, 3.8) is 0 Å². The number of rotatable bonds is 6. The molecular formula is C25H25N3O7S2. The predicted octanol–water partition coefficient (Wildman–Crippen LogP) is 2.47. The second-order valence-corrected chi connectivity index (χ2v) is 12.8. The molecule has 0 radical (unpaired) electrons. The molecule has 4 rings (SSSR count). The third kappa shape index (κ3) is 4.77. The molecule has 10 nitrogen and oxygen atoms in total. The van der Waals surface area contributed by atoms with Crippen molar-refractivity contribution < 1.29 is 26.4 Å². The van der Waals surface area contributed by atoms with Gasteiger partial charge in [0.15, 0.2) is 9.84 Å². The van der Waals surface area contributed by atoms with Crippen LogP contribution >= 0.6 is 0 Å². The summed E-state index contributed by atoms with van der Waals surface area (Å²) >= 11 is 0. The highest BCUT2D eigenvalue weighted by molar-refractivity contribution is 7.90. The molecule has 0 spiro atoms. The number of aromatic nitrogens is 2. The molecule has 0 aliphatic heterocycles. The number of nitrogens with two attached hydrogens (primary N) is 1. The molecule has 12 heteroatoms. The summed E-state index contributed by atoms with van der Waals surface area (Å²) in [4.78, 5) is 25.5. The fraction of sp³-hybridized carbons (Fsp3) is 0.200. The molecule has 0 saturated carbocycles. The number of carbonyl (C=O) groups excluding carboxylic acids is 1. The van der Waals surface area contributed by atoms with E-state index in [0.717, 1.165) is 15.8 Å². The van der Waals surface area contributed by atoms with Gasteiger partial charge < -0.3 is 15.0 Å². The van der Waals surface area contributed by atoms with Gasteiger partial charge in [-0.25, -0.2) is 25.6 Å². The largest absolute Gasteiger partial charge is 0.465 e. The molecule has 37 heavy (non-hydrogen) atoms. The van der Waals surface area contributed by atoms with E-state index in [1.54, 1.807) is 12.1 Å². The zero-order valence-corrected chi connectivity index (χ0v) is 22.2. The van der Waals surface area contributed by atoms with Gasteiger partial charge in [0.25, 0.3) is 15.6 Å². The monoisotopic (exact) mass is 543 g/mol. The van der Waals surface area contributed by atoms with Crippen molar-refractivity contribution in [1.29, 1.82) is 0 Å². The van der Waals surface area contributed by atoms with Crippen molar-refractivity contribution >= 4 is 42.4 Å². The van der Waals surface area contributed by atoms with Gasteiger partial charge in [0.2, 0.25) is 0 Å². The summed E-state index contributed by atoms with van der Waals surface area (Å²) in [6.07, 6.45) is 3.81. The van der Waals surface area contributed by atoms with E-state index >= 15 is 0 Å². The highest BCUT2D eigenvalue weighted by Crippen LogP contribution is 2.35. The van der Waals surface area contributed by atoms with E-state index in [2.05, 4.69) is 0 Å². The predicted molar refractivity (Wildman–Crippen MR) is 141 cm³/mol. The number of fused-ring (bicyclic) bond motifs is 1. The van der Waals surface area contributed by atoms with Gasteiger partial charge in [-0.2, -0.15) is 0 Å². The summed E-state index contributed by atoms with van der Waals surface area (Å²) in [6, 6.07) is 10.5. The van der Waals surface area contributed by atoms with E-state index in [4.69, 9.17) is 10.5 Å². The molecule has 0 fully saturated rings. The summed E-state index contributed by atoms with van der Waals surface area (Å²) in [5.41, 5.74) is 7.51. The van der Waals surface area contributed by atoms with Crippen LogP contribution in [-0.2, 0) is 37.4 Å². The zero-order chi connectivity index (χ0) is 27.3. The summed E-state index contributed by atoms with van der Waals surface area (Å²) in [6.45, 7) is 1.83. The maximum atomic E-state index is 13.4. The Morgan fingerprint density at radius 1 is 1.03 bits per heavy atom. The average molecular weight is 544 g/mol. The molecule has 194 valence electrons. The zero-order valence-electron chi connectivity index (χ0n) is 20.5. The lowest BCUT2D eigenvalue weighted by molar-refractivity contribution is 0.0600. The number of ether oxygens (including phenoxy) is 1. The van der Waals surface area contributed by atoms with Crippen molar-refractivity contribution in [1.82, 2.24) is 8.54 Å². The highest BCUT2D eigenvalue weighted by Gasteiger charge is 2.25. The summed E-state index contributed by atoms with van der Waals surface area (Å²) < 4.78 is 58.0. The molecule has 0 amide bonds. The van der Waals surface area contributed by atoms with Gasteiger partial charge in [-0.15, -0.1) is 0 Å². The molecule has 2 N–H and O–H groups in total. The quantitative estimate of drug-likeness (QED) is 0.288. The first kappa shape index (κ1) is 26.2. The van der Waals surface area contributed by atoms with Crippen LogP contribution in [0, 0.1) is 6.92 Å². The second-order valence-electron chi connectivity index (χ2n) is 8.81. The number of anilines is 1. The number of esters is 1. The summed E-state index contributed by atoms with van der Waals surface area (Å²) in [7, 11) is -5.02. The third-order valence-electron chi connectivity index (χ3n) is 5.95. The number of nitrogen functional groups attached to an aromatic ring is 1. The maximum absolute atomic E-state index is 13.4. The van der Waals surface area contributed by atoms with E-state index in [1.807, 2.05) is 6.92 Å². The van der Waals surface area contributed by atoms with Crippen LogP contribution in [-0.4, -0.2) is 44.7 Å². The van der Waals surface area contributed by atoms with Crippen LogP contribution in [0.3, 0.4) is 0 Å². The summed E-state index contributed by atoms with van der Waals surface area (Å²) in [5, 5.41) is 0.293. The van der Waals surface area contributed by atoms with E-state index in [0.29, 0.717) is 16.5 Å². The Kier molecular flexibility index (Phi) is 6.51. The van der Waals surface area contributed by atoms with Crippen molar-refractivity contribution in [2.75, 3.05) is 19.1 Å². The van der Waals surface area contributed by atoms with E-state index < -0.39 is 37.1 Å². The second kappa shape index (κ2) is 9.20. The lowest BCUT2D eigenvalue weighted by Crippen LogP contribution is -2.22. The number of hydrogen-bond donors (Lipinski definition) is 1. The van der Waals surface area contributed by atoms with Crippen molar-refractivity contribution in [3.8, 4) is 11.1 Å². The molecule has 0 saturated heterocycles. The smallest absolute Gasteiger partial charge is 0.338 e. The number of carbonyl (C=O) groups is 1. The number of nitrogens with zero attached hydrogens (tertiary/aromatic N) is 2.